The molecule has 3 N–H and O–H groups in total. The van der Waals surface area contributed by atoms with E-state index in [4.69, 9.17) is 9.15 Å². The molecule has 1 aliphatic heterocycles. The Balaban J connectivity index is 1.47. The molecule has 2 heterocycles. The third-order valence-corrected chi connectivity index (χ3v) is 5.45. The number of nitrogens with zero attached hydrogens (tertiary/aromatic N) is 2. The lowest BCUT2D eigenvalue weighted by atomic mass is 10.0. The van der Waals surface area contributed by atoms with Gasteiger partial charge in [0.2, 0.25) is 0 Å². The van der Waals surface area contributed by atoms with Gasteiger partial charge in [-0.15, -0.1) is 0 Å². The van der Waals surface area contributed by atoms with Crippen LogP contribution >= 0.6 is 0 Å². The summed E-state index contributed by atoms with van der Waals surface area (Å²) in [5.74, 6) is 1.44. The lowest BCUT2D eigenvalue weighted by molar-refractivity contribution is 0.0132. The molecule has 1 aromatic carbocycles. The quantitative estimate of drug-likeness (QED) is 0.409. The predicted octanol–water partition coefficient (Wildman–Crippen LogP) is 2.94. The molecule has 1 amide bonds. The topological polar surface area (TPSA) is 91.1 Å². The van der Waals surface area contributed by atoms with Gasteiger partial charge in [0.25, 0.3) is 5.91 Å². The van der Waals surface area contributed by atoms with Gasteiger partial charge in [-0.1, -0.05) is 26.0 Å². The van der Waals surface area contributed by atoms with Crippen molar-refractivity contribution in [1.29, 1.82) is 0 Å². The Kier molecular flexibility index (Phi) is 9.13. The molecule has 1 atom stereocenters. The zero-order chi connectivity index (χ0) is 22.8. The van der Waals surface area contributed by atoms with Gasteiger partial charge in [-0.2, -0.15) is 0 Å². The molecule has 2 aromatic rings. The second-order valence-electron chi connectivity index (χ2n) is 8.37. The first kappa shape index (κ1) is 23.8. The molecule has 1 unspecified atom stereocenters. The van der Waals surface area contributed by atoms with Gasteiger partial charge >= 0.3 is 0 Å². The summed E-state index contributed by atoms with van der Waals surface area (Å²) in [6, 6.07) is 11.5. The molecule has 1 aliphatic rings. The maximum absolute atomic E-state index is 12.1. The molecule has 8 heteroatoms. The fraction of sp³-hybridized carbons (Fsp3) is 0.500. The Bertz CT molecular complexity index is 843. The van der Waals surface area contributed by atoms with Gasteiger partial charge in [-0.3, -0.25) is 14.7 Å². The van der Waals surface area contributed by atoms with Gasteiger partial charge in [-0.25, -0.2) is 0 Å². The van der Waals surface area contributed by atoms with Crippen LogP contribution in [0.5, 0.6) is 0 Å². The number of amides is 1. The highest BCUT2D eigenvalue weighted by Gasteiger charge is 2.22. The van der Waals surface area contributed by atoms with E-state index in [0.717, 1.165) is 56.5 Å². The van der Waals surface area contributed by atoms with E-state index in [-0.39, 0.29) is 5.91 Å². The summed E-state index contributed by atoms with van der Waals surface area (Å²) in [4.78, 5) is 19.0. The number of hydrogen-bond acceptors (Lipinski definition) is 5. The molecule has 3 rings (SSSR count). The van der Waals surface area contributed by atoms with Crippen LogP contribution in [0.4, 0.5) is 5.69 Å². The molecule has 1 saturated heterocycles. The van der Waals surface area contributed by atoms with Crippen LogP contribution in [0.2, 0.25) is 0 Å². The predicted molar refractivity (Wildman–Crippen MR) is 127 cm³/mol. The minimum atomic E-state index is -0.262. The summed E-state index contributed by atoms with van der Waals surface area (Å²) in [6.07, 6.45) is 2.62. The second kappa shape index (κ2) is 12.3. The van der Waals surface area contributed by atoms with Crippen molar-refractivity contribution in [2.24, 2.45) is 10.9 Å². The number of anilines is 1. The summed E-state index contributed by atoms with van der Waals surface area (Å²) >= 11 is 0. The molecular formula is C24H35N5O3. The van der Waals surface area contributed by atoms with E-state index < -0.39 is 0 Å². The second-order valence-corrected chi connectivity index (χ2v) is 8.37. The van der Waals surface area contributed by atoms with Crippen LogP contribution in [-0.4, -0.2) is 62.7 Å². The number of carbonyl (C=O) groups excluding carboxylic acids is 1. The van der Waals surface area contributed by atoms with Crippen LogP contribution < -0.4 is 16.0 Å². The Morgan fingerprint density at radius 2 is 1.88 bits per heavy atom. The number of benzene rings is 1. The highest BCUT2D eigenvalue weighted by molar-refractivity contribution is 6.02. The van der Waals surface area contributed by atoms with Crippen LogP contribution in [0.1, 0.15) is 36.4 Å². The summed E-state index contributed by atoms with van der Waals surface area (Å²) in [7, 11) is 1.79. The third-order valence-electron chi connectivity index (χ3n) is 5.45. The van der Waals surface area contributed by atoms with E-state index >= 15 is 0 Å². The van der Waals surface area contributed by atoms with Gasteiger partial charge in [0.05, 0.1) is 19.5 Å². The largest absolute Gasteiger partial charge is 0.459 e. The highest BCUT2D eigenvalue weighted by Crippen LogP contribution is 2.14. The first-order valence-electron chi connectivity index (χ1n) is 11.2. The van der Waals surface area contributed by atoms with Crippen molar-refractivity contribution < 1.29 is 13.9 Å². The summed E-state index contributed by atoms with van der Waals surface area (Å²) in [5, 5.41) is 9.68. The van der Waals surface area contributed by atoms with Gasteiger partial charge in [-0.05, 0) is 42.2 Å². The van der Waals surface area contributed by atoms with Crippen molar-refractivity contribution in [3.63, 3.8) is 0 Å². The van der Waals surface area contributed by atoms with Gasteiger partial charge in [0.15, 0.2) is 11.7 Å². The number of nitrogens with one attached hydrogen (secondary N) is 3. The van der Waals surface area contributed by atoms with E-state index in [9.17, 15) is 4.79 Å². The van der Waals surface area contributed by atoms with Gasteiger partial charge in [0, 0.05) is 45.0 Å². The van der Waals surface area contributed by atoms with Crippen LogP contribution in [0, 0.1) is 5.92 Å². The zero-order valence-electron chi connectivity index (χ0n) is 19.3. The number of carbonyl (C=O) groups is 1. The first-order chi connectivity index (χ1) is 15.5. The molecule has 0 radical (unpaired) electrons. The van der Waals surface area contributed by atoms with Crippen LogP contribution in [0.25, 0.3) is 0 Å². The lowest BCUT2D eigenvalue weighted by Crippen LogP contribution is -2.50. The zero-order valence-corrected chi connectivity index (χ0v) is 19.3. The van der Waals surface area contributed by atoms with Crippen molar-refractivity contribution >= 4 is 17.6 Å². The molecule has 32 heavy (non-hydrogen) atoms. The molecule has 1 aromatic heterocycles. The number of rotatable bonds is 9. The monoisotopic (exact) mass is 441 g/mol. The average molecular weight is 442 g/mol. The number of ether oxygens (including phenoxy) is 1. The van der Waals surface area contributed by atoms with Crippen LogP contribution in [0.15, 0.2) is 52.1 Å². The lowest BCUT2D eigenvalue weighted by Gasteiger charge is -2.35. The van der Waals surface area contributed by atoms with E-state index in [1.165, 1.54) is 6.26 Å². The van der Waals surface area contributed by atoms with Crippen molar-refractivity contribution in [3.8, 4) is 0 Å². The van der Waals surface area contributed by atoms with Crippen LogP contribution in [0.3, 0.4) is 0 Å². The third kappa shape index (κ3) is 7.39. The van der Waals surface area contributed by atoms with E-state index in [1.54, 1.807) is 19.2 Å². The molecule has 0 aliphatic carbocycles. The molecule has 0 spiro atoms. The maximum atomic E-state index is 12.1. The number of aliphatic imine (C=N–C) groups is 1. The van der Waals surface area contributed by atoms with Crippen molar-refractivity contribution in [1.82, 2.24) is 15.5 Å². The molecule has 0 saturated carbocycles. The standard InChI is InChI=1S/C24H35N5O3/c1-18(2)15-21(29-10-13-31-14-11-29)17-27-24(25-3)26-16-19-6-8-20(9-7-19)28-23(30)22-5-4-12-32-22/h4-9,12,18,21H,10-11,13-17H2,1-3H3,(H,28,30)(H2,25,26,27). The average Bonchev–Trinajstić information content (AvgIpc) is 3.35. The van der Waals surface area contributed by atoms with Gasteiger partial charge < -0.3 is 25.1 Å². The Morgan fingerprint density at radius 3 is 2.50 bits per heavy atom. The maximum Gasteiger partial charge on any atom is 0.291 e. The Hall–Kier alpha value is -2.84. The van der Waals surface area contributed by atoms with Crippen molar-refractivity contribution in [2.75, 3.05) is 45.2 Å². The summed E-state index contributed by atoms with van der Waals surface area (Å²) < 4.78 is 10.6. The number of guanidine groups is 1. The number of furan rings is 1. The fourth-order valence-electron chi connectivity index (χ4n) is 3.78. The fourth-order valence-corrected chi connectivity index (χ4v) is 3.78. The van der Waals surface area contributed by atoms with Crippen LogP contribution in [-0.2, 0) is 11.3 Å². The molecule has 0 bridgehead atoms. The molecule has 1 fully saturated rings. The first-order valence-corrected chi connectivity index (χ1v) is 11.2. The SMILES string of the molecule is CN=C(NCc1ccc(NC(=O)c2ccco2)cc1)NCC(CC(C)C)N1CCOCC1. The number of hydrogen-bond donors (Lipinski definition) is 3. The van der Waals surface area contributed by atoms with E-state index in [1.807, 2.05) is 24.3 Å². The highest BCUT2D eigenvalue weighted by atomic mass is 16.5. The van der Waals surface area contributed by atoms with Gasteiger partial charge in [0.1, 0.15) is 0 Å². The number of morpholine rings is 1. The van der Waals surface area contributed by atoms with E-state index in [0.29, 0.717) is 24.3 Å². The Morgan fingerprint density at radius 1 is 1.12 bits per heavy atom. The Labute approximate surface area is 190 Å². The van der Waals surface area contributed by atoms with E-state index in [2.05, 4.69) is 39.7 Å². The minimum absolute atomic E-state index is 0.262. The molecule has 174 valence electrons. The van der Waals surface area contributed by atoms with Crippen molar-refractivity contribution in [3.05, 3.63) is 54.0 Å². The normalized spacial score (nSPS) is 16.1. The van der Waals surface area contributed by atoms with Crippen molar-refractivity contribution in [2.45, 2.75) is 32.9 Å². The summed E-state index contributed by atoms with van der Waals surface area (Å²) in [5.41, 5.74) is 1.82. The molecular weight excluding hydrogens is 406 g/mol. The molecule has 8 nitrogen and oxygen atoms in total. The summed E-state index contributed by atoms with van der Waals surface area (Å²) in [6.45, 7) is 9.58. The minimum Gasteiger partial charge on any atom is -0.459 e. The smallest absolute Gasteiger partial charge is 0.291 e.